The zero-order valence-corrected chi connectivity index (χ0v) is 14.4. The number of hydrogen-bond acceptors (Lipinski definition) is 2. The molecule has 0 radical (unpaired) electrons. The average molecular weight is 284 g/mol. The molecule has 0 saturated carbocycles. The molecule has 0 fully saturated rings. The third kappa shape index (κ3) is 8.57. The summed E-state index contributed by atoms with van der Waals surface area (Å²) in [7, 11) is 1.88. The number of amides is 1. The molecule has 0 rings (SSSR count). The second-order valence-corrected chi connectivity index (χ2v) is 5.93. The van der Waals surface area contributed by atoms with Crippen LogP contribution in [0.2, 0.25) is 0 Å². The summed E-state index contributed by atoms with van der Waals surface area (Å²) in [6, 6.07) is 0.436. The van der Waals surface area contributed by atoms with Crippen molar-refractivity contribution in [1.29, 1.82) is 0 Å². The molecule has 0 saturated heterocycles. The van der Waals surface area contributed by atoms with Gasteiger partial charge in [-0.3, -0.25) is 4.79 Å². The molecule has 0 heterocycles. The van der Waals surface area contributed by atoms with Gasteiger partial charge in [-0.25, -0.2) is 0 Å². The van der Waals surface area contributed by atoms with Gasteiger partial charge in [0.1, 0.15) is 0 Å². The van der Waals surface area contributed by atoms with Crippen LogP contribution in [0.1, 0.15) is 79.1 Å². The maximum absolute atomic E-state index is 12.1. The molecule has 0 aromatic carbocycles. The standard InChI is InChI=1S/C17H36N2O/c1-6-9-11-13-16(14-12-10-7-2)18-15(4)17(20)19(5)8-3/h15-16,18H,6-14H2,1-5H3. The molecule has 1 N–H and O–H groups in total. The summed E-state index contributed by atoms with van der Waals surface area (Å²) in [5.41, 5.74) is 0. The van der Waals surface area contributed by atoms with Crippen molar-refractivity contribution in [3.05, 3.63) is 0 Å². The quantitative estimate of drug-likeness (QED) is 0.550. The Morgan fingerprint density at radius 1 is 1.00 bits per heavy atom. The summed E-state index contributed by atoms with van der Waals surface area (Å²) in [4.78, 5) is 13.9. The first-order valence-electron chi connectivity index (χ1n) is 8.57. The van der Waals surface area contributed by atoms with Crippen LogP contribution in [-0.2, 0) is 4.79 Å². The predicted octanol–water partition coefficient (Wildman–Crippen LogP) is 3.97. The zero-order valence-electron chi connectivity index (χ0n) is 14.4. The van der Waals surface area contributed by atoms with Crippen LogP contribution in [-0.4, -0.2) is 36.5 Å². The number of carbonyl (C=O) groups is 1. The highest BCUT2D eigenvalue weighted by Crippen LogP contribution is 2.12. The Morgan fingerprint density at radius 3 is 1.90 bits per heavy atom. The molecule has 0 aromatic rings. The van der Waals surface area contributed by atoms with Gasteiger partial charge in [-0.15, -0.1) is 0 Å². The van der Waals surface area contributed by atoms with Gasteiger partial charge in [0.25, 0.3) is 0 Å². The minimum atomic E-state index is -0.0618. The average Bonchev–Trinajstić information content (AvgIpc) is 2.45. The second kappa shape index (κ2) is 12.2. The Labute approximate surface area is 126 Å². The molecule has 20 heavy (non-hydrogen) atoms. The zero-order chi connectivity index (χ0) is 15.4. The molecule has 3 heteroatoms. The first kappa shape index (κ1) is 19.4. The van der Waals surface area contributed by atoms with E-state index in [-0.39, 0.29) is 11.9 Å². The van der Waals surface area contributed by atoms with Crippen LogP contribution in [0.3, 0.4) is 0 Å². The van der Waals surface area contributed by atoms with Crippen molar-refractivity contribution in [2.75, 3.05) is 13.6 Å². The number of hydrogen-bond donors (Lipinski definition) is 1. The first-order chi connectivity index (χ1) is 9.56. The molecule has 120 valence electrons. The molecule has 0 aromatic heterocycles. The number of unbranched alkanes of at least 4 members (excludes halogenated alkanes) is 4. The number of nitrogens with zero attached hydrogens (tertiary/aromatic N) is 1. The summed E-state index contributed by atoms with van der Waals surface area (Å²) in [5.74, 6) is 0.212. The molecule has 1 unspecified atom stereocenters. The van der Waals surface area contributed by atoms with E-state index in [0.29, 0.717) is 6.04 Å². The highest BCUT2D eigenvalue weighted by molar-refractivity contribution is 5.81. The van der Waals surface area contributed by atoms with Crippen molar-refractivity contribution >= 4 is 5.91 Å². The minimum absolute atomic E-state index is 0.0618. The lowest BCUT2D eigenvalue weighted by molar-refractivity contribution is -0.131. The van der Waals surface area contributed by atoms with Crippen LogP contribution < -0.4 is 5.32 Å². The van der Waals surface area contributed by atoms with Gasteiger partial charge in [0.15, 0.2) is 0 Å². The third-order valence-electron chi connectivity index (χ3n) is 4.02. The van der Waals surface area contributed by atoms with E-state index in [1.807, 2.05) is 20.9 Å². The second-order valence-electron chi connectivity index (χ2n) is 5.93. The molecule has 0 aliphatic carbocycles. The van der Waals surface area contributed by atoms with E-state index in [2.05, 4.69) is 19.2 Å². The Morgan fingerprint density at radius 2 is 1.50 bits per heavy atom. The molecule has 0 bridgehead atoms. The molecule has 0 aliphatic heterocycles. The Balaban J connectivity index is 4.25. The first-order valence-corrected chi connectivity index (χ1v) is 8.57. The number of nitrogens with one attached hydrogen (secondary N) is 1. The van der Waals surface area contributed by atoms with Gasteiger partial charge in [0.2, 0.25) is 5.91 Å². The number of likely N-dealkylation sites (N-methyl/N-ethyl adjacent to an activating group) is 1. The fraction of sp³-hybridized carbons (Fsp3) is 0.941. The van der Waals surface area contributed by atoms with Crippen molar-refractivity contribution < 1.29 is 4.79 Å². The lowest BCUT2D eigenvalue weighted by Gasteiger charge is -2.26. The smallest absolute Gasteiger partial charge is 0.239 e. The highest BCUT2D eigenvalue weighted by Gasteiger charge is 2.19. The van der Waals surface area contributed by atoms with E-state index in [9.17, 15) is 4.79 Å². The normalized spacial score (nSPS) is 12.7. The molecule has 0 aliphatic rings. The SMILES string of the molecule is CCCCCC(CCCCC)NC(C)C(=O)N(C)CC. The fourth-order valence-corrected chi connectivity index (χ4v) is 2.50. The largest absolute Gasteiger partial charge is 0.345 e. The third-order valence-corrected chi connectivity index (χ3v) is 4.02. The molecular formula is C17H36N2O. The van der Waals surface area contributed by atoms with Crippen LogP contribution in [0.15, 0.2) is 0 Å². The van der Waals surface area contributed by atoms with Gasteiger partial charge in [-0.1, -0.05) is 52.4 Å². The van der Waals surface area contributed by atoms with Gasteiger partial charge >= 0.3 is 0 Å². The Hall–Kier alpha value is -0.570. The maximum atomic E-state index is 12.1. The van der Waals surface area contributed by atoms with E-state index in [4.69, 9.17) is 0 Å². The number of rotatable bonds is 12. The van der Waals surface area contributed by atoms with Crippen molar-refractivity contribution in [2.24, 2.45) is 0 Å². The summed E-state index contributed by atoms with van der Waals surface area (Å²) >= 11 is 0. The van der Waals surface area contributed by atoms with Crippen LogP contribution in [0.4, 0.5) is 0 Å². The molecule has 0 spiro atoms. The van der Waals surface area contributed by atoms with E-state index < -0.39 is 0 Å². The van der Waals surface area contributed by atoms with E-state index in [1.165, 1.54) is 51.4 Å². The van der Waals surface area contributed by atoms with E-state index in [1.54, 1.807) is 4.90 Å². The lowest BCUT2D eigenvalue weighted by Crippen LogP contribution is -2.47. The lowest BCUT2D eigenvalue weighted by atomic mass is 10.0. The van der Waals surface area contributed by atoms with Crippen LogP contribution >= 0.6 is 0 Å². The van der Waals surface area contributed by atoms with Gasteiger partial charge in [0, 0.05) is 19.6 Å². The van der Waals surface area contributed by atoms with Crippen molar-refractivity contribution in [3.63, 3.8) is 0 Å². The van der Waals surface area contributed by atoms with Crippen LogP contribution in [0.5, 0.6) is 0 Å². The number of carbonyl (C=O) groups excluding carboxylic acids is 1. The molecule has 1 atom stereocenters. The van der Waals surface area contributed by atoms with Crippen LogP contribution in [0, 0.1) is 0 Å². The molecule has 3 nitrogen and oxygen atoms in total. The van der Waals surface area contributed by atoms with Gasteiger partial charge in [-0.05, 0) is 26.7 Å². The topological polar surface area (TPSA) is 32.3 Å². The Kier molecular flexibility index (Phi) is 11.8. The maximum Gasteiger partial charge on any atom is 0.239 e. The predicted molar refractivity (Wildman–Crippen MR) is 88.0 cm³/mol. The molecule has 1 amide bonds. The van der Waals surface area contributed by atoms with Gasteiger partial charge in [0.05, 0.1) is 6.04 Å². The summed E-state index contributed by atoms with van der Waals surface area (Å²) in [6.07, 6.45) is 10.0. The Bertz CT molecular complexity index is 233. The van der Waals surface area contributed by atoms with Crippen molar-refractivity contribution in [1.82, 2.24) is 10.2 Å². The molecular weight excluding hydrogens is 248 g/mol. The van der Waals surface area contributed by atoms with Gasteiger partial charge < -0.3 is 10.2 Å². The highest BCUT2D eigenvalue weighted by atomic mass is 16.2. The van der Waals surface area contributed by atoms with Crippen molar-refractivity contribution in [3.8, 4) is 0 Å². The summed E-state index contributed by atoms with van der Waals surface area (Å²) < 4.78 is 0. The fourth-order valence-electron chi connectivity index (χ4n) is 2.50. The van der Waals surface area contributed by atoms with Crippen LogP contribution in [0.25, 0.3) is 0 Å². The summed E-state index contributed by atoms with van der Waals surface area (Å²) in [6.45, 7) is 9.27. The van der Waals surface area contributed by atoms with E-state index in [0.717, 1.165) is 6.54 Å². The van der Waals surface area contributed by atoms with E-state index >= 15 is 0 Å². The van der Waals surface area contributed by atoms with Crippen molar-refractivity contribution in [2.45, 2.75) is 91.1 Å². The summed E-state index contributed by atoms with van der Waals surface area (Å²) in [5, 5.41) is 3.56. The van der Waals surface area contributed by atoms with Gasteiger partial charge in [-0.2, -0.15) is 0 Å². The monoisotopic (exact) mass is 284 g/mol. The minimum Gasteiger partial charge on any atom is -0.345 e.